The van der Waals surface area contributed by atoms with Crippen molar-refractivity contribution in [2.24, 2.45) is 0 Å². The highest BCUT2D eigenvalue weighted by molar-refractivity contribution is 7.89. The third kappa shape index (κ3) is 2.81. The van der Waals surface area contributed by atoms with Crippen LogP contribution in [0.4, 0.5) is 0 Å². The second-order valence-electron chi connectivity index (χ2n) is 5.17. The van der Waals surface area contributed by atoms with Crippen LogP contribution in [0, 0.1) is 0 Å². The lowest BCUT2D eigenvalue weighted by Gasteiger charge is -2.34. The molecule has 2 aliphatic heterocycles. The molecule has 1 unspecified atom stereocenters. The number of carbonyl (C=O) groups is 1. The number of H-pyrrole nitrogens is 1. The van der Waals surface area contributed by atoms with Crippen molar-refractivity contribution in [3.05, 3.63) is 12.4 Å². The molecule has 1 aromatic rings. The van der Waals surface area contributed by atoms with Crippen LogP contribution in [0.2, 0.25) is 0 Å². The number of piperazine rings is 1. The Morgan fingerprint density at radius 2 is 2.10 bits per heavy atom. The number of aromatic amines is 1. The first kappa shape index (κ1) is 14.5. The van der Waals surface area contributed by atoms with E-state index < -0.39 is 10.0 Å². The van der Waals surface area contributed by atoms with Crippen LogP contribution >= 0.6 is 0 Å². The Hall–Kier alpha value is -1.45. The average molecular weight is 314 g/mol. The van der Waals surface area contributed by atoms with Crippen molar-refractivity contribution in [1.82, 2.24) is 19.4 Å². The summed E-state index contributed by atoms with van der Waals surface area (Å²) >= 11 is 0. The van der Waals surface area contributed by atoms with E-state index in [2.05, 4.69) is 10.2 Å². The van der Waals surface area contributed by atoms with Crippen molar-refractivity contribution in [3.8, 4) is 0 Å². The number of aromatic nitrogens is 2. The predicted octanol–water partition coefficient (Wildman–Crippen LogP) is -0.578. The van der Waals surface area contributed by atoms with Crippen LogP contribution in [0.3, 0.4) is 0 Å². The van der Waals surface area contributed by atoms with Gasteiger partial charge in [-0.15, -0.1) is 0 Å². The van der Waals surface area contributed by atoms with E-state index in [9.17, 15) is 13.2 Å². The Bertz CT molecular complexity index is 587. The first-order valence-electron chi connectivity index (χ1n) is 6.98. The number of amides is 1. The molecular weight excluding hydrogens is 296 g/mol. The normalized spacial score (nSPS) is 24.4. The molecule has 0 aromatic carbocycles. The zero-order valence-electron chi connectivity index (χ0n) is 11.6. The zero-order valence-corrected chi connectivity index (χ0v) is 12.4. The Morgan fingerprint density at radius 3 is 2.67 bits per heavy atom. The fourth-order valence-electron chi connectivity index (χ4n) is 2.65. The molecule has 3 rings (SSSR count). The molecule has 8 nitrogen and oxygen atoms in total. The van der Waals surface area contributed by atoms with Gasteiger partial charge in [-0.1, -0.05) is 0 Å². The maximum atomic E-state index is 12.3. The van der Waals surface area contributed by atoms with Crippen LogP contribution in [0.25, 0.3) is 0 Å². The molecule has 0 bridgehead atoms. The number of rotatable bonds is 3. The Kier molecular flexibility index (Phi) is 3.96. The smallest absolute Gasteiger partial charge is 0.251 e. The lowest BCUT2D eigenvalue weighted by molar-refractivity contribution is -0.142. The van der Waals surface area contributed by atoms with Crippen LogP contribution in [0.15, 0.2) is 17.3 Å². The summed E-state index contributed by atoms with van der Waals surface area (Å²) in [5, 5.41) is 6.17. The van der Waals surface area contributed by atoms with E-state index in [-0.39, 0.29) is 16.9 Å². The van der Waals surface area contributed by atoms with Gasteiger partial charge in [-0.2, -0.15) is 9.40 Å². The highest BCUT2D eigenvalue weighted by Gasteiger charge is 2.34. The van der Waals surface area contributed by atoms with Gasteiger partial charge in [0.25, 0.3) is 5.91 Å². The predicted molar refractivity (Wildman–Crippen MR) is 72.9 cm³/mol. The van der Waals surface area contributed by atoms with E-state index in [0.29, 0.717) is 32.8 Å². The second kappa shape index (κ2) is 5.74. The molecule has 0 saturated carbocycles. The third-order valence-electron chi connectivity index (χ3n) is 3.87. The highest BCUT2D eigenvalue weighted by Crippen LogP contribution is 2.19. The molecule has 3 heterocycles. The first-order chi connectivity index (χ1) is 10.1. The van der Waals surface area contributed by atoms with Gasteiger partial charge in [-0.25, -0.2) is 8.42 Å². The third-order valence-corrected chi connectivity index (χ3v) is 5.73. The van der Waals surface area contributed by atoms with Crippen LogP contribution < -0.4 is 0 Å². The van der Waals surface area contributed by atoms with Crippen molar-refractivity contribution in [3.63, 3.8) is 0 Å². The van der Waals surface area contributed by atoms with E-state index in [0.717, 1.165) is 12.8 Å². The van der Waals surface area contributed by atoms with Gasteiger partial charge in [-0.3, -0.25) is 9.89 Å². The molecule has 2 fully saturated rings. The molecule has 0 radical (unpaired) electrons. The summed E-state index contributed by atoms with van der Waals surface area (Å²) in [5.41, 5.74) is 0. The quantitative estimate of drug-likeness (QED) is 0.805. The van der Waals surface area contributed by atoms with E-state index in [4.69, 9.17) is 4.74 Å². The van der Waals surface area contributed by atoms with Gasteiger partial charge in [-0.05, 0) is 12.8 Å². The standard InChI is InChI=1S/C12H18N4O4S/c17-12(11-2-1-7-20-11)15-3-5-16(6-4-15)21(18,19)10-8-13-14-9-10/h8-9,11H,1-7H2,(H,13,14). The van der Waals surface area contributed by atoms with Gasteiger partial charge in [0.15, 0.2) is 0 Å². The maximum Gasteiger partial charge on any atom is 0.251 e. The summed E-state index contributed by atoms with van der Waals surface area (Å²) in [6.45, 7) is 2.02. The molecule has 1 amide bonds. The van der Waals surface area contributed by atoms with Gasteiger partial charge in [0, 0.05) is 39.0 Å². The van der Waals surface area contributed by atoms with Crippen molar-refractivity contribution in [2.75, 3.05) is 32.8 Å². The summed E-state index contributed by atoms with van der Waals surface area (Å²) in [4.78, 5) is 14.0. The minimum atomic E-state index is -3.52. The Morgan fingerprint density at radius 1 is 1.33 bits per heavy atom. The second-order valence-corrected chi connectivity index (χ2v) is 7.10. The topological polar surface area (TPSA) is 95.6 Å². The van der Waals surface area contributed by atoms with Crippen LogP contribution in [-0.2, 0) is 19.6 Å². The molecule has 21 heavy (non-hydrogen) atoms. The average Bonchev–Trinajstić information content (AvgIpc) is 3.19. The maximum absolute atomic E-state index is 12.3. The summed E-state index contributed by atoms with van der Waals surface area (Å²) in [6, 6.07) is 0. The van der Waals surface area contributed by atoms with Crippen molar-refractivity contribution in [1.29, 1.82) is 0 Å². The van der Waals surface area contributed by atoms with Gasteiger partial charge < -0.3 is 9.64 Å². The lowest BCUT2D eigenvalue weighted by atomic mass is 10.2. The SMILES string of the molecule is O=C(C1CCCO1)N1CCN(S(=O)(=O)c2cn[nH]c2)CC1. The Labute approximate surface area is 123 Å². The molecule has 1 N–H and O–H groups in total. The van der Waals surface area contributed by atoms with Gasteiger partial charge in [0.2, 0.25) is 10.0 Å². The zero-order chi connectivity index (χ0) is 14.9. The van der Waals surface area contributed by atoms with Gasteiger partial charge >= 0.3 is 0 Å². The minimum absolute atomic E-state index is 0.0205. The van der Waals surface area contributed by atoms with E-state index >= 15 is 0 Å². The van der Waals surface area contributed by atoms with Crippen LogP contribution in [-0.4, -0.2) is 72.6 Å². The monoisotopic (exact) mass is 314 g/mol. The van der Waals surface area contributed by atoms with Gasteiger partial charge in [0.05, 0.1) is 6.20 Å². The van der Waals surface area contributed by atoms with Crippen molar-refractivity contribution < 1.29 is 17.9 Å². The van der Waals surface area contributed by atoms with Gasteiger partial charge in [0.1, 0.15) is 11.0 Å². The number of ether oxygens (including phenoxy) is 1. The van der Waals surface area contributed by atoms with E-state index in [1.54, 1.807) is 4.90 Å². The lowest BCUT2D eigenvalue weighted by Crippen LogP contribution is -2.52. The number of hydrogen-bond acceptors (Lipinski definition) is 5. The molecular formula is C12H18N4O4S. The Balaban J connectivity index is 1.61. The molecule has 0 aliphatic carbocycles. The largest absolute Gasteiger partial charge is 0.368 e. The highest BCUT2D eigenvalue weighted by atomic mass is 32.2. The molecule has 2 aliphatic rings. The summed E-state index contributed by atoms with van der Waals surface area (Å²) < 4.78 is 31.4. The minimum Gasteiger partial charge on any atom is -0.368 e. The van der Waals surface area contributed by atoms with Crippen molar-refractivity contribution >= 4 is 15.9 Å². The van der Waals surface area contributed by atoms with Crippen LogP contribution in [0.1, 0.15) is 12.8 Å². The number of hydrogen-bond donors (Lipinski definition) is 1. The fraction of sp³-hybridized carbons (Fsp3) is 0.667. The number of nitrogens with zero attached hydrogens (tertiary/aromatic N) is 3. The number of sulfonamides is 1. The molecule has 1 atom stereocenters. The summed E-state index contributed by atoms with van der Waals surface area (Å²) in [6.07, 6.45) is 3.97. The molecule has 0 spiro atoms. The molecule has 2 saturated heterocycles. The number of carbonyl (C=O) groups excluding carboxylic acids is 1. The molecule has 1 aromatic heterocycles. The number of nitrogens with one attached hydrogen (secondary N) is 1. The molecule has 9 heteroatoms. The fourth-order valence-corrected chi connectivity index (χ4v) is 3.98. The van der Waals surface area contributed by atoms with E-state index in [1.807, 2.05) is 0 Å². The van der Waals surface area contributed by atoms with Crippen molar-refractivity contribution in [2.45, 2.75) is 23.8 Å². The summed E-state index contributed by atoms with van der Waals surface area (Å²) in [7, 11) is -3.52. The first-order valence-corrected chi connectivity index (χ1v) is 8.42. The summed E-state index contributed by atoms with van der Waals surface area (Å²) in [5.74, 6) is -0.0205. The molecule has 116 valence electrons. The van der Waals surface area contributed by atoms with E-state index in [1.165, 1.54) is 16.7 Å². The van der Waals surface area contributed by atoms with Crippen LogP contribution in [0.5, 0.6) is 0 Å².